The van der Waals surface area contributed by atoms with Crippen molar-refractivity contribution in [2.45, 2.75) is 20.0 Å². The van der Waals surface area contributed by atoms with Gasteiger partial charge in [0.25, 0.3) is 5.91 Å². The lowest BCUT2D eigenvalue weighted by Crippen LogP contribution is -2.23. The van der Waals surface area contributed by atoms with Crippen molar-refractivity contribution < 1.29 is 9.53 Å². The van der Waals surface area contributed by atoms with Crippen molar-refractivity contribution in [1.82, 2.24) is 4.90 Å². The molecule has 1 amide bonds. The van der Waals surface area contributed by atoms with Gasteiger partial charge in [0.05, 0.1) is 20.6 Å². The van der Waals surface area contributed by atoms with Crippen LogP contribution in [0.1, 0.15) is 23.6 Å². The summed E-state index contributed by atoms with van der Waals surface area (Å²) in [7, 11) is 1.75. The molecule has 1 aliphatic rings. The van der Waals surface area contributed by atoms with Crippen LogP contribution in [0.3, 0.4) is 0 Å². The molecule has 0 aromatic heterocycles. The monoisotopic (exact) mass is 496 g/mol. The maximum absolute atomic E-state index is 12.9. The normalized spacial score (nSPS) is 16.1. The van der Waals surface area contributed by atoms with E-state index in [9.17, 15) is 4.79 Å². The Kier molecular flexibility index (Phi) is 7.43. The van der Waals surface area contributed by atoms with Crippen LogP contribution in [0.4, 0.5) is 5.69 Å². The van der Waals surface area contributed by atoms with Gasteiger partial charge in [-0.25, -0.2) is 4.99 Å². The molecule has 1 heterocycles. The molecule has 7 heteroatoms. The molecule has 3 aromatic rings. The summed E-state index contributed by atoms with van der Waals surface area (Å²) in [5.74, 6) is 0.584. The fourth-order valence-corrected chi connectivity index (χ4v) is 4.63. The van der Waals surface area contributed by atoms with E-state index in [-0.39, 0.29) is 5.91 Å². The van der Waals surface area contributed by atoms with E-state index in [1.54, 1.807) is 24.1 Å². The fourth-order valence-electron chi connectivity index (χ4n) is 3.34. The highest BCUT2D eigenvalue weighted by Crippen LogP contribution is 2.35. The van der Waals surface area contributed by atoms with Crippen LogP contribution in [0, 0.1) is 0 Å². The molecule has 0 spiro atoms. The molecule has 1 saturated heterocycles. The number of hydrogen-bond acceptors (Lipinski definition) is 4. The lowest BCUT2D eigenvalue weighted by Gasteiger charge is -2.10. The van der Waals surface area contributed by atoms with Gasteiger partial charge in [0.1, 0.15) is 12.4 Å². The van der Waals surface area contributed by atoms with Gasteiger partial charge in [-0.2, -0.15) is 0 Å². The van der Waals surface area contributed by atoms with Crippen LogP contribution in [0.15, 0.2) is 76.6 Å². The van der Waals surface area contributed by atoms with Gasteiger partial charge in [0.15, 0.2) is 5.17 Å². The molecule has 0 aliphatic carbocycles. The minimum atomic E-state index is -0.0907. The highest BCUT2D eigenvalue weighted by atomic mass is 35.5. The Labute approximate surface area is 207 Å². The van der Waals surface area contributed by atoms with Crippen LogP contribution < -0.4 is 4.74 Å². The fraction of sp³-hybridized carbons (Fsp3) is 0.154. The Hall–Kier alpha value is -2.73. The zero-order valence-electron chi connectivity index (χ0n) is 18.2. The third-order valence-corrected chi connectivity index (χ3v) is 6.98. The van der Waals surface area contributed by atoms with Crippen molar-refractivity contribution in [3.05, 3.63) is 98.4 Å². The van der Waals surface area contributed by atoms with Gasteiger partial charge in [-0.3, -0.25) is 9.69 Å². The molecule has 0 bridgehead atoms. The van der Waals surface area contributed by atoms with E-state index in [0.29, 0.717) is 32.5 Å². The number of nitrogens with zero attached hydrogens (tertiary/aromatic N) is 2. The first kappa shape index (κ1) is 23.4. The predicted octanol–water partition coefficient (Wildman–Crippen LogP) is 7.37. The quantitative estimate of drug-likeness (QED) is 0.334. The summed E-state index contributed by atoms with van der Waals surface area (Å²) in [6.45, 7) is 2.43. The molecule has 0 radical (unpaired) electrons. The van der Waals surface area contributed by atoms with Crippen molar-refractivity contribution in [3.63, 3.8) is 0 Å². The van der Waals surface area contributed by atoms with Gasteiger partial charge in [-0.15, -0.1) is 0 Å². The molecule has 0 saturated carbocycles. The number of aliphatic imine (C=N–C) groups is 1. The molecule has 168 valence electrons. The topological polar surface area (TPSA) is 41.9 Å². The number of thioether (sulfide) groups is 1. The molecule has 3 aromatic carbocycles. The Morgan fingerprint density at radius 2 is 1.79 bits per heavy atom. The molecular weight excluding hydrogens is 475 g/mol. The van der Waals surface area contributed by atoms with Gasteiger partial charge in [-0.05, 0) is 59.7 Å². The number of aryl methyl sites for hydroxylation is 1. The molecular formula is C26H22Cl2N2O2S. The molecule has 33 heavy (non-hydrogen) atoms. The number of likely N-dealkylation sites (N-methyl/N-ethyl adjacent to an activating group) is 1. The van der Waals surface area contributed by atoms with Crippen molar-refractivity contribution in [3.8, 4) is 5.75 Å². The second-order valence-electron chi connectivity index (χ2n) is 7.43. The van der Waals surface area contributed by atoms with E-state index in [1.807, 2.05) is 54.6 Å². The Balaban J connectivity index is 1.57. The van der Waals surface area contributed by atoms with Crippen LogP contribution in [-0.2, 0) is 17.8 Å². The van der Waals surface area contributed by atoms with Crippen LogP contribution in [0.2, 0.25) is 10.0 Å². The zero-order chi connectivity index (χ0) is 23.4. The van der Waals surface area contributed by atoms with Gasteiger partial charge in [-0.1, -0.05) is 72.6 Å². The second-order valence-corrected chi connectivity index (χ2v) is 9.25. The van der Waals surface area contributed by atoms with E-state index in [0.717, 1.165) is 28.8 Å². The van der Waals surface area contributed by atoms with E-state index < -0.39 is 0 Å². The smallest absolute Gasteiger partial charge is 0.266 e. The Morgan fingerprint density at radius 1 is 1.03 bits per heavy atom. The number of hydrogen-bond donors (Lipinski definition) is 0. The number of carbonyl (C=O) groups excluding carboxylic acids is 1. The second kappa shape index (κ2) is 10.5. The largest absolute Gasteiger partial charge is 0.488 e. The van der Waals surface area contributed by atoms with Gasteiger partial charge in [0, 0.05) is 12.6 Å². The third kappa shape index (κ3) is 5.44. The minimum Gasteiger partial charge on any atom is -0.488 e. The first-order valence-corrected chi connectivity index (χ1v) is 12.0. The van der Waals surface area contributed by atoms with Crippen LogP contribution in [0.25, 0.3) is 6.08 Å². The zero-order valence-corrected chi connectivity index (χ0v) is 20.5. The average molecular weight is 497 g/mol. The van der Waals surface area contributed by atoms with Gasteiger partial charge in [0.2, 0.25) is 0 Å². The first-order valence-electron chi connectivity index (χ1n) is 10.5. The van der Waals surface area contributed by atoms with Crippen molar-refractivity contribution in [2.75, 3.05) is 7.05 Å². The Bertz CT molecular complexity index is 1260. The van der Waals surface area contributed by atoms with Crippen molar-refractivity contribution in [2.24, 2.45) is 4.99 Å². The van der Waals surface area contributed by atoms with E-state index in [1.165, 1.54) is 11.8 Å². The van der Waals surface area contributed by atoms with Crippen LogP contribution in [-0.4, -0.2) is 23.0 Å². The minimum absolute atomic E-state index is 0.0907. The maximum atomic E-state index is 12.9. The molecule has 1 fully saturated rings. The summed E-state index contributed by atoms with van der Waals surface area (Å²) >= 11 is 13.5. The number of halogens is 2. The summed E-state index contributed by atoms with van der Waals surface area (Å²) in [5, 5.41) is 1.65. The summed E-state index contributed by atoms with van der Waals surface area (Å²) in [4.78, 5) is 19.8. The summed E-state index contributed by atoms with van der Waals surface area (Å²) in [5.41, 5.74) is 3.75. The lowest BCUT2D eigenvalue weighted by molar-refractivity contribution is -0.121. The SMILES string of the molecule is CCc1ccccc1N=C1S/C(=C/c2ccccc2OCc2ccc(Cl)c(Cl)c2)C(=O)N1C. The van der Waals surface area contributed by atoms with E-state index in [2.05, 4.69) is 13.0 Å². The Morgan fingerprint density at radius 3 is 2.58 bits per heavy atom. The highest BCUT2D eigenvalue weighted by molar-refractivity contribution is 8.18. The molecule has 4 rings (SSSR count). The number of para-hydroxylation sites is 2. The number of ether oxygens (including phenoxy) is 1. The van der Waals surface area contributed by atoms with Crippen molar-refractivity contribution >= 4 is 57.8 Å². The van der Waals surface area contributed by atoms with Gasteiger partial charge >= 0.3 is 0 Å². The predicted molar refractivity (Wildman–Crippen MR) is 138 cm³/mol. The number of amidine groups is 1. The molecule has 4 nitrogen and oxygen atoms in total. The van der Waals surface area contributed by atoms with Gasteiger partial charge < -0.3 is 4.74 Å². The van der Waals surface area contributed by atoms with E-state index in [4.69, 9.17) is 32.9 Å². The third-order valence-electron chi connectivity index (χ3n) is 5.18. The van der Waals surface area contributed by atoms with Crippen molar-refractivity contribution in [1.29, 1.82) is 0 Å². The number of benzene rings is 3. The first-order chi connectivity index (χ1) is 16.0. The number of amides is 1. The molecule has 1 aliphatic heterocycles. The van der Waals surface area contributed by atoms with Crippen LogP contribution >= 0.6 is 35.0 Å². The average Bonchev–Trinajstić information content (AvgIpc) is 3.08. The molecule has 0 atom stereocenters. The molecule has 0 N–H and O–H groups in total. The summed E-state index contributed by atoms with van der Waals surface area (Å²) in [6, 6.07) is 21.0. The molecule has 0 unspecified atom stereocenters. The lowest BCUT2D eigenvalue weighted by atomic mass is 10.1. The maximum Gasteiger partial charge on any atom is 0.266 e. The number of carbonyl (C=O) groups is 1. The summed E-state index contributed by atoms with van der Waals surface area (Å²) < 4.78 is 6.03. The highest BCUT2D eigenvalue weighted by Gasteiger charge is 2.30. The standard InChI is InChI=1S/C26H22Cl2N2O2S/c1-3-18-8-4-6-10-22(18)29-26-30(2)25(31)24(33-26)15-19-9-5-7-11-23(19)32-16-17-12-13-20(27)21(28)14-17/h4-15H,3,16H2,1-2H3/b24-15+,29-26?. The number of rotatable bonds is 6. The van der Waals surface area contributed by atoms with E-state index >= 15 is 0 Å². The van der Waals surface area contributed by atoms with Crippen LogP contribution in [0.5, 0.6) is 5.75 Å². The summed E-state index contributed by atoms with van der Waals surface area (Å²) in [6.07, 6.45) is 2.73.